The highest BCUT2D eigenvalue weighted by molar-refractivity contribution is 5.92. The fourth-order valence-corrected chi connectivity index (χ4v) is 1.35. The number of carbonyl (C=O) groups is 1. The van der Waals surface area contributed by atoms with E-state index in [2.05, 4.69) is 11.4 Å². The molecule has 18 heavy (non-hydrogen) atoms. The van der Waals surface area contributed by atoms with Crippen LogP contribution in [0.15, 0.2) is 30.3 Å². The number of benzene rings is 1. The van der Waals surface area contributed by atoms with Gasteiger partial charge in [0, 0.05) is 11.6 Å². The lowest BCUT2D eigenvalue weighted by Crippen LogP contribution is -2.41. The summed E-state index contributed by atoms with van der Waals surface area (Å²) in [4.78, 5) is 11.7. The van der Waals surface area contributed by atoms with Crippen LogP contribution >= 0.6 is 0 Å². The molecule has 1 N–H and O–H groups in total. The first-order valence-corrected chi connectivity index (χ1v) is 5.97. The molecule has 0 atom stereocenters. The van der Waals surface area contributed by atoms with E-state index >= 15 is 0 Å². The van der Waals surface area contributed by atoms with Crippen molar-refractivity contribution in [3.8, 4) is 6.07 Å². The molecule has 3 nitrogen and oxygen atoms in total. The Balaban J connectivity index is 2.69. The van der Waals surface area contributed by atoms with Gasteiger partial charge >= 0.3 is 0 Å². The van der Waals surface area contributed by atoms with Crippen molar-refractivity contribution in [2.24, 2.45) is 0 Å². The molecule has 0 aliphatic heterocycles. The van der Waals surface area contributed by atoms with Gasteiger partial charge in [-0.05, 0) is 44.0 Å². The van der Waals surface area contributed by atoms with Gasteiger partial charge in [0.1, 0.15) is 0 Å². The predicted molar refractivity (Wildman–Crippen MR) is 72.7 cm³/mol. The molecule has 0 radical (unpaired) electrons. The minimum Gasteiger partial charge on any atom is -0.348 e. The van der Waals surface area contributed by atoms with Crippen molar-refractivity contribution in [2.75, 3.05) is 0 Å². The SMILES string of the molecule is CCC(C)(C)NC(=O)/C=C\c1cccc(C#N)c1. The van der Waals surface area contributed by atoms with Crippen molar-refractivity contribution in [1.82, 2.24) is 5.32 Å². The van der Waals surface area contributed by atoms with E-state index in [0.29, 0.717) is 5.56 Å². The summed E-state index contributed by atoms with van der Waals surface area (Å²) < 4.78 is 0. The van der Waals surface area contributed by atoms with Crippen molar-refractivity contribution in [3.05, 3.63) is 41.5 Å². The Morgan fingerprint density at radius 2 is 2.22 bits per heavy atom. The van der Waals surface area contributed by atoms with Gasteiger partial charge in [-0.2, -0.15) is 5.26 Å². The molecule has 0 aromatic heterocycles. The van der Waals surface area contributed by atoms with Gasteiger partial charge in [-0.1, -0.05) is 19.1 Å². The monoisotopic (exact) mass is 242 g/mol. The summed E-state index contributed by atoms with van der Waals surface area (Å²) in [5.41, 5.74) is 1.24. The van der Waals surface area contributed by atoms with E-state index < -0.39 is 0 Å². The Bertz CT molecular complexity index is 495. The second-order valence-corrected chi connectivity index (χ2v) is 4.80. The van der Waals surface area contributed by atoms with E-state index in [-0.39, 0.29) is 11.4 Å². The largest absolute Gasteiger partial charge is 0.348 e. The van der Waals surface area contributed by atoms with E-state index in [0.717, 1.165) is 12.0 Å². The lowest BCUT2D eigenvalue weighted by Gasteiger charge is -2.23. The molecule has 0 saturated heterocycles. The van der Waals surface area contributed by atoms with Crippen LogP contribution in [-0.2, 0) is 4.79 Å². The zero-order valence-corrected chi connectivity index (χ0v) is 11.0. The predicted octanol–water partition coefficient (Wildman–Crippen LogP) is 2.88. The summed E-state index contributed by atoms with van der Waals surface area (Å²) in [5, 5.41) is 11.7. The molecule has 0 saturated carbocycles. The quantitative estimate of drug-likeness (QED) is 0.825. The van der Waals surface area contributed by atoms with E-state index in [1.807, 2.05) is 26.8 Å². The number of amides is 1. The van der Waals surface area contributed by atoms with Crippen LogP contribution in [0, 0.1) is 11.3 Å². The van der Waals surface area contributed by atoms with Gasteiger partial charge in [0.25, 0.3) is 0 Å². The van der Waals surface area contributed by atoms with Gasteiger partial charge in [0.05, 0.1) is 11.6 Å². The highest BCUT2D eigenvalue weighted by Crippen LogP contribution is 2.08. The lowest BCUT2D eigenvalue weighted by molar-refractivity contribution is -0.117. The number of hydrogen-bond acceptors (Lipinski definition) is 2. The van der Waals surface area contributed by atoms with Gasteiger partial charge in [0.15, 0.2) is 0 Å². The van der Waals surface area contributed by atoms with Crippen LogP contribution in [0.2, 0.25) is 0 Å². The van der Waals surface area contributed by atoms with Crippen LogP contribution in [0.25, 0.3) is 6.08 Å². The Morgan fingerprint density at radius 1 is 1.50 bits per heavy atom. The molecule has 0 aliphatic carbocycles. The van der Waals surface area contributed by atoms with E-state index in [9.17, 15) is 4.79 Å². The minimum atomic E-state index is -0.198. The van der Waals surface area contributed by atoms with Crippen molar-refractivity contribution in [2.45, 2.75) is 32.7 Å². The smallest absolute Gasteiger partial charge is 0.244 e. The Morgan fingerprint density at radius 3 is 2.83 bits per heavy atom. The summed E-state index contributed by atoms with van der Waals surface area (Å²) in [5.74, 6) is -0.121. The zero-order valence-electron chi connectivity index (χ0n) is 11.0. The van der Waals surface area contributed by atoms with Crippen molar-refractivity contribution >= 4 is 12.0 Å². The van der Waals surface area contributed by atoms with Crippen molar-refractivity contribution in [1.29, 1.82) is 5.26 Å². The molecule has 1 aromatic carbocycles. The molecule has 3 heteroatoms. The summed E-state index contributed by atoms with van der Waals surface area (Å²) in [6.07, 6.45) is 4.08. The number of nitrogens with zero attached hydrogens (tertiary/aromatic N) is 1. The zero-order chi connectivity index (χ0) is 13.6. The molecule has 1 aromatic rings. The average molecular weight is 242 g/mol. The lowest BCUT2D eigenvalue weighted by atomic mass is 10.0. The van der Waals surface area contributed by atoms with Gasteiger partial charge in [-0.3, -0.25) is 4.79 Å². The minimum absolute atomic E-state index is 0.121. The third kappa shape index (κ3) is 4.42. The third-order valence-electron chi connectivity index (χ3n) is 2.79. The van der Waals surface area contributed by atoms with Crippen LogP contribution in [-0.4, -0.2) is 11.4 Å². The molecule has 1 rings (SSSR count). The summed E-state index contributed by atoms with van der Waals surface area (Å²) in [7, 11) is 0. The van der Waals surface area contributed by atoms with Crippen LogP contribution in [0.1, 0.15) is 38.3 Å². The first kappa shape index (κ1) is 14.0. The Hall–Kier alpha value is -2.08. The molecule has 0 spiro atoms. The molecular formula is C15H18N2O. The van der Waals surface area contributed by atoms with E-state index in [4.69, 9.17) is 5.26 Å². The number of rotatable bonds is 4. The summed E-state index contributed by atoms with van der Waals surface area (Å²) in [6, 6.07) is 9.20. The molecule has 0 aliphatic rings. The van der Waals surface area contributed by atoms with Crippen molar-refractivity contribution < 1.29 is 4.79 Å². The average Bonchev–Trinajstić information content (AvgIpc) is 2.36. The number of carbonyl (C=O) groups excluding carboxylic acids is 1. The topological polar surface area (TPSA) is 52.9 Å². The molecule has 0 fully saturated rings. The highest BCUT2D eigenvalue weighted by Gasteiger charge is 2.15. The van der Waals surface area contributed by atoms with Crippen LogP contribution in [0.5, 0.6) is 0 Å². The second-order valence-electron chi connectivity index (χ2n) is 4.80. The third-order valence-corrected chi connectivity index (χ3v) is 2.79. The molecule has 0 heterocycles. The molecule has 1 amide bonds. The van der Waals surface area contributed by atoms with Gasteiger partial charge < -0.3 is 5.32 Å². The van der Waals surface area contributed by atoms with E-state index in [1.54, 1.807) is 24.3 Å². The molecular weight excluding hydrogens is 224 g/mol. The van der Waals surface area contributed by atoms with Crippen molar-refractivity contribution in [3.63, 3.8) is 0 Å². The van der Waals surface area contributed by atoms with Crippen LogP contribution < -0.4 is 5.32 Å². The number of hydrogen-bond donors (Lipinski definition) is 1. The summed E-state index contributed by atoms with van der Waals surface area (Å²) >= 11 is 0. The first-order valence-electron chi connectivity index (χ1n) is 5.97. The van der Waals surface area contributed by atoms with Gasteiger partial charge in [-0.15, -0.1) is 0 Å². The number of nitriles is 1. The van der Waals surface area contributed by atoms with Crippen LogP contribution in [0.3, 0.4) is 0 Å². The molecule has 0 unspecified atom stereocenters. The normalized spacial score (nSPS) is 11.2. The molecule has 94 valence electrons. The Kier molecular flexibility index (Phi) is 4.67. The number of nitrogens with one attached hydrogen (secondary N) is 1. The fourth-order valence-electron chi connectivity index (χ4n) is 1.35. The van der Waals surface area contributed by atoms with Gasteiger partial charge in [-0.25, -0.2) is 0 Å². The summed E-state index contributed by atoms with van der Waals surface area (Å²) in [6.45, 7) is 5.99. The first-order chi connectivity index (χ1) is 8.46. The maximum atomic E-state index is 11.7. The maximum Gasteiger partial charge on any atom is 0.244 e. The van der Waals surface area contributed by atoms with Gasteiger partial charge in [0.2, 0.25) is 5.91 Å². The van der Waals surface area contributed by atoms with Crippen LogP contribution in [0.4, 0.5) is 0 Å². The second kappa shape index (κ2) is 6.02. The molecule has 0 bridgehead atoms. The highest BCUT2D eigenvalue weighted by atomic mass is 16.1. The standard InChI is InChI=1S/C15H18N2O/c1-4-15(2,3)17-14(18)9-8-12-6-5-7-13(10-12)11-16/h5-10H,4H2,1-3H3,(H,17,18)/b9-8-. The Labute approximate surface area is 108 Å². The van der Waals surface area contributed by atoms with E-state index in [1.165, 1.54) is 6.08 Å². The fraction of sp³-hybridized carbons (Fsp3) is 0.333. The maximum absolute atomic E-state index is 11.7.